The molecule has 0 aliphatic heterocycles. The van der Waals surface area contributed by atoms with Gasteiger partial charge in [-0.05, 0) is 17.4 Å². The van der Waals surface area contributed by atoms with E-state index in [0.717, 1.165) is 5.69 Å². The molecule has 0 atom stereocenters. The molecule has 0 saturated heterocycles. The summed E-state index contributed by atoms with van der Waals surface area (Å²) < 4.78 is 1.57. The summed E-state index contributed by atoms with van der Waals surface area (Å²) in [4.78, 5) is 15.9. The van der Waals surface area contributed by atoms with Crippen LogP contribution in [0.4, 0.5) is 5.13 Å². The van der Waals surface area contributed by atoms with Crippen LogP contribution >= 0.6 is 23.1 Å². The molecule has 19 heavy (non-hydrogen) atoms. The zero-order valence-corrected chi connectivity index (χ0v) is 11.9. The number of amides is 1. The summed E-state index contributed by atoms with van der Waals surface area (Å²) >= 11 is 2.66. The molecule has 0 unspecified atom stereocenters. The van der Waals surface area contributed by atoms with Crippen LogP contribution < -0.4 is 11.1 Å². The Morgan fingerprint density at radius 2 is 2.47 bits per heavy atom. The summed E-state index contributed by atoms with van der Waals surface area (Å²) in [6.07, 6.45) is 0. The van der Waals surface area contributed by atoms with Gasteiger partial charge in [0.15, 0.2) is 5.13 Å². The maximum absolute atomic E-state index is 11.7. The number of aryl methyl sites for hydroxylation is 1. The molecule has 0 bridgehead atoms. The maximum Gasteiger partial charge on any atom is 0.236 e. The molecule has 2 rings (SSSR count). The van der Waals surface area contributed by atoms with Crippen molar-refractivity contribution in [3.8, 4) is 0 Å². The molecule has 102 valence electrons. The molecule has 0 aliphatic rings. The number of tetrazole rings is 1. The van der Waals surface area contributed by atoms with Gasteiger partial charge in [-0.2, -0.15) is 0 Å². The number of thioether (sulfide) groups is 1. The third-order valence-electron chi connectivity index (χ3n) is 2.04. The van der Waals surface area contributed by atoms with Gasteiger partial charge in [0.05, 0.1) is 18.0 Å². The minimum atomic E-state index is -0.137. The van der Waals surface area contributed by atoms with Crippen LogP contribution in [-0.4, -0.2) is 43.4 Å². The molecule has 3 N–H and O–H groups in total. The lowest BCUT2D eigenvalue weighted by Gasteiger charge is -2.02. The SMILES string of the molecule is Cc1csc(NC(=O)CSc2nnnn2CCN)n1. The first-order valence-corrected chi connectivity index (χ1v) is 7.36. The van der Waals surface area contributed by atoms with Crippen molar-refractivity contribution in [1.29, 1.82) is 0 Å². The lowest BCUT2D eigenvalue weighted by molar-refractivity contribution is -0.113. The zero-order chi connectivity index (χ0) is 13.7. The van der Waals surface area contributed by atoms with Crippen molar-refractivity contribution in [1.82, 2.24) is 25.2 Å². The van der Waals surface area contributed by atoms with E-state index < -0.39 is 0 Å². The Kier molecular flexibility index (Phi) is 4.82. The highest BCUT2D eigenvalue weighted by atomic mass is 32.2. The molecule has 2 aromatic rings. The number of carbonyl (C=O) groups excluding carboxylic acids is 1. The minimum absolute atomic E-state index is 0.137. The molecule has 0 aliphatic carbocycles. The van der Waals surface area contributed by atoms with E-state index in [0.29, 0.717) is 23.4 Å². The summed E-state index contributed by atoms with van der Waals surface area (Å²) in [5.41, 5.74) is 6.33. The summed E-state index contributed by atoms with van der Waals surface area (Å²) in [6.45, 7) is 2.85. The van der Waals surface area contributed by atoms with E-state index in [9.17, 15) is 4.79 Å². The fourth-order valence-corrected chi connectivity index (χ4v) is 2.67. The van der Waals surface area contributed by atoms with Crippen molar-refractivity contribution in [3.05, 3.63) is 11.1 Å². The maximum atomic E-state index is 11.7. The highest BCUT2D eigenvalue weighted by Crippen LogP contribution is 2.17. The monoisotopic (exact) mass is 299 g/mol. The number of thiazole rings is 1. The van der Waals surface area contributed by atoms with Crippen LogP contribution in [0.2, 0.25) is 0 Å². The van der Waals surface area contributed by atoms with Crippen molar-refractivity contribution < 1.29 is 4.79 Å². The van der Waals surface area contributed by atoms with Crippen LogP contribution in [0.15, 0.2) is 10.5 Å². The Labute approximate surface area is 117 Å². The normalized spacial score (nSPS) is 10.6. The van der Waals surface area contributed by atoms with Gasteiger partial charge in [0.25, 0.3) is 0 Å². The number of hydrogen-bond acceptors (Lipinski definition) is 8. The molecule has 0 spiro atoms. The Bertz CT molecular complexity index is 552. The first kappa shape index (κ1) is 13.9. The summed E-state index contributed by atoms with van der Waals surface area (Å²) in [5, 5.41) is 17.0. The molecule has 8 nitrogen and oxygen atoms in total. The van der Waals surface area contributed by atoms with E-state index in [1.807, 2.05) is 12.3 Å². The number of nitrogens with one attached hydrogen (secondary N) is 1. The summed E-state index contributed by atoms with van der Waals surface area (Å²) in [6, 6.07) is 0. The lowest BCUT2D eigenvalue weighted by atomic mass is 10.6. The number of rotatable bonds is 6. The van der Waals surface area contributed by atoms with Crippen LogP contribution in [0.25, 0.3) is 0 Å². The quantitative estimate of drug-likeness (QED) is 0.729. The predicted octanol–water partition coefficient (Wildman–Crippen LogP) is 0.128. The standard InChI is InChI=1S/C9H13N7OS2/c1-6-4-18-8(11-6)12-7(17)5-19-9-13-14-15-16(9)3-2-10/h4H,2-3,5,10H2,1H3,(H,11,12,17). The zero-order valence-electron chi connectivity index (χ0n) is 10.2. The third kappa shape index (κ3) is 3.98. The highest BCUT2D eigenvalue weighted by Gasteiger charge is 2.10. The fraction of sp³-hybridized carbons (Fsp3) is 0.444. The number of anilines is 1. The van der Waals surface area contributed by atoms with Crippen LogP contribution in [0, 0.1) is 6.92 Å². The molecular weight excluding hydrogens is 286 g/mol. The van der Waals surface area contributed by atoms with E-state index in [2.05, 4.69) is 25.8 Å². The van der Waals surface area contributed by atoms with Crippen LogP contribution in [0.1, 0.15) is 5.69 Å². The van der Waals surface area contributed by atoms with E-state index in [-0.39, 0.29) is 11.7 Å². The van der Waals surface area contributed by atoms with E-state index >= 15 is 0 Å². The van der Waals surface area contributed by atoms with Gasteiger partial charge in [0, 0.05) is 11.9 Å². The Balaban J connectivity index is 1.84. The smallest absolute Gasteiger partial charge is 0.236 e. The molecule has 1 amide bonds. The highest BCUT2D eigenvalue weighted by molar-refractivity contribution is 7.99. The molecule has 2 heterocycles. The third-order valence-corrected chi connectivity index (χ3v) is 3.87. The topological polar surface area (TPSA) is 112 Å². The van der Waals surface area contributed by atoms with Gasteiger partial charge >= 0.3 is 0 Å². The summed E-state index contributed by atoms with van der Waals surface area (Å²) in [7, 11) is 0. The van der Waals surface area contributed by atoms with Gasteiger partial charge in [-0.15, -0.1) is 16.4 Å². The molecule has 0 saturated carbocycles. The van der Waals surface area contributed by atoms with Crippen molar-refractivity contribution in [2.24, 2.45) is 5.73 Å². The number of hydrogen-bond donors (Lipinski definition) is 2. The first-order chi connectivity index (χ1) is 9.19. The van der Waals surface area contributed by atoms with Crippen LogP contribution in [0.5, 0.6) is 0 Å². The molecule has 0 aromatic carbocycles. The first-order valence-electron chi connectivity index (χ1n) is 5.50. The number of nitrogens with zero attached hydrogens (tertiary/aromatic N) is 5. The predicted molar refractivity (Wildman–Crippen MR) is 73.1 cm³/mol. The Morgan fingerprint density at radius 3 is 3.16 bits per heavy atom. The Morgan fingerprint density at radius 1 is 1.63 bits per heavy atom. The minimum Gasteiger partial charge on any atom is -0.329 e. The van der Waals surface area contributed by atoms with Crippen molar-refractivity contribution in [3.63, 3.8) is 0 Å². The van der Waals surface area contributed by atoms with Gasteiger partial charge in [0.1, 0.15) is 0 Å². The van der Waals surface area contributed by atoms with E-state index in [4.69, 9.17) is 5.73 Å². The Hall–Kier alpha value is -1.52. The second kappa shape index (κ2) is 6.59. The van der Waals surface area contributed by atoms with E-state index in [1.165, 1.54) is 23.1 Å². The van der Waals surface area contributed by atoms with Crippen LogP contribution in [0.3, 0.4) is 0 Å². The lowest BCUT2D eigenvalue weighted by Crippen LogP contribution is -2.16. The molecule has 0 radical (unpaired) electrons. The second-order valence-corrected chi connectivity index (χ2v) is 5.40. The van der Waals surface area contributed by atoms with Gasteiger partial charge in [-0.3, -0.25) is 4.79 Å². The number of carbonyl (C=O) groups is 1. The molecule has 2 aromatic heterocycles. The van der Waals surface area contributed by atoms with Gasteiger partial charge in [0.2, 0.25) is 11.1 Å². The average Bonchev–Trinajstić information content (AvgIpc) is 2.97. The van der Waals surface area contributed by atoms with Gasteiger partial charge < -0.3 is 11.1 Å². The summed E-state index contributed by atoms with van der Waals surface area (Å²) in [5.74, 6) is 0.0884. The van der Waals surface area contributed by atoms with Crippen molar-refractivity contribution in [2.75, 3.05) is 17.6 Å². The van der Waals surface area contributed by atoms with Crippen LogP contribution in [-0.2, 0) is 11.3 Å². The molecular formula is C9H13N7OS2. The van der Waals surface area contributed by atoms with E-state index in [1.54, 1.807) is 4.68 Å². The number of aromatic nitrogens is 5. The average molecular weight is 299 g/mol. The molecule has 0 fully saturated rings. The van der Waals surface area contributed by atoms with Gasteiger partial charge in [-0.25, -0.2) is 9.67 Å². The largest absolute Gasteiger partial charge is 0.329 e. The van der Waals surface area contributed by atoms with Gasteiger partial charge in [-0.1, -0.05) is 11.8 Å². The van der Waals surface area contributed by atoms with Crippen molar-refractivity contribution >= 4 is 34.1 Å². The molecule has 10 heteroatoms. The fourth-order valence-electron chi connectivity index (χ4n) is 1.26. The number of nitrogens with two attached hydrogens (primary N) is 1. The van der Waals surface area contributed by atoms with Crippen molar-refractivity contribution in [2.45, 2.75) is 18.6 Å². The second-order valence-electron chi connectivity index (χ2n) is 3.60.